The second kappa shape index (κ2) is 5.36. The van der Waals surface area contributed by atoms with Gasteiger partial charge in [-0.2, -0.15) is 0 Å². The van der Waals surface area contributed by atoms with Crippen LogP contribution in [0, 0.1) is 11.8 Å². The zero-order valence-corrected chi connectivity index (χ0v) is 11.1. The van der Waals surface area contributed by atoms with E-state index in [-0.39, 0.29) is 11.9 Å². The van der Waals surface area contributed by atoms with Crippen LogP contribution >= 0.6 is 0 Å². The lowest BCUT2D eigenvalue weighted by Crippen LogP contribution is -2.46. The highest BCUT2D eigenvalue weighted by atomic mass is 16.2. The first-order valence-corrected chi connectivity index (χ1v) is 6.80. The number of carbonyl (C=O) groups is 1. The molecule has 2 saturated heterocycles. The number of nitrogens with zero attached hydrogens (tertiary/aromatic N) is 2. The lowest BCUT2D eigenvalue weighted by Gasteiger charge is -2.35. The Hall–Kier alpha value is -0.610. The van der Waals surface area contributed by atoms with Gasteiger partial charge in [-0.3, -0.25) is 9.69 Å². The molecule has 2 rings (SSSR count). The predicted molar refractivity (Wildman–Crippen MR) is 68.6 cm³/mol. The Morgan fingerprint density at radius 2 is 1.88 bits per heavy atom. The van der Waals surface area contributed by atoms with Gasteiger partial charge in [-0.25, -0.2) is 0 Å². The van der Waals surface area contributed by atoms with Crippen LogP contribution in [0.2, 0.25) is 0 Å². The van der Waals surface area contributed by atoms with E-state index in [9.17, 15) is 4.79 Å². The maximum absolute atomic E-state index is 12.2. The van der Waals surface area contributed by atoms with Gasteiger partial charge in [-0.05, 0) is 24.7 Å². The van der Waals surface area contributed by atoms with Crippen molar-refractivity contribution in [1.29, 1.82) is 0 Å². The first kappa shape index (κ1) is 12.8. The summed E-state index contributed by atoms with van der Waals surface area (Å²) in [4.78, 5) is 16.4. The molecule has 2 aliphatic rings. The Bertz CT molecular complexity index is 272. The molecule has 0 aromatic rings. The number of nitrogens with two attached hydrogens (primary N) is 1. The minimum atomic E-state index is 0.266. The summed E-state index contributed by atoms with van der Waals surface area (Å²) >= 11 is 0. The number of hydrogen-bond donors (Lipinski definition) is 1. The summed E-state index contributed by atoms with van der Waals surface area (Å²) in [6, 6.07) is 0.266. The van der Waals surface area contributed by atoms with E-state index in [1.165, 1.54) is 6.42 Å². The van der Waals surface area contributed by atoms with Gasteiger partial charge >= 0.3 is 0 Å². The number of amides is 1. The molecule has 2 aliphatic heterocycles. The summed E-state index contributed by atoms with van der Waals surface area (Å²) in [5.41, 5.74) is 5.86. The number of carbonyl (C=O) groups excluding carboxylic acids is 1. The molecule has 17 heavy (non-hydrogen) atoms. The summed E-state index contributed by atoms with van der Waals surface area (Å²) in [6.07, 6.45) is 2.28. The van der Waals surface area contributed by atoms with Crippen molar-refractivity contribution in [2.75, 3.05) is 32.7 Å². The van der Waals surface area contributed by atoms with E-state index >= 15 is 0 Å². The Labute approximate surface area is 104 Å². The molecule has 2 N–H and O–H groups in total. The maximum atomic E-state index is 12.2. The van der Waals surface area contributed by atoms with Gasteiger partial charge in [0.25, 0.3) is 0 Å². The van der Waals surface area contributed by atoms with Gasteiger partial charge < -0.3 is 10.6 Å². The van der Waals surface area contributed by atoms with Crippen LogP contribution in [-0.2, 0) is 4.79 Å². The first-order valence-electron chi connectivity index (χ1n) is 6.80. The van der Waals surface area contributed by atoms with Crippen LogP contribution in [0.25, 0.3) is 0 Å². The highest BCUT2D eigenvalue weighted by molar-refractivity contribution is 5.78. The summed E-state index contributed by atoms with van der Waals surface area (Å²) < 4.78 is 0. The number of piperidine rings is 1. The van der Waals surface area contributed by atoms with E-state index in [1.807, 2.05) is 4.90 Å². The van der Waals surface area contributed by atoms with Gasteiger partial charge in [-0.15, -0.1) is 0 Å². The average Bonchev–Trinajstić information content (AvgIpc) is 2.62. The van der Waals surface area contributed by atoms with Gasteiger partial charge in [0.1, 0.15) is 0 Å². The van der Waals surface area contributed by atoms with Gasteiger partial charge in [0.05, 0.1) is 6.54 Å². The zero-order chi connectivity index (χ0) is 12.4. The van der Waals surface area contributed by atoms with E-state index in [0.29, 0.717) is 18.4 Å². The fourth-order valence-electron chi connectivity index (χ4n) is 3.16. The molecule has 2 heterocycles. The van der Waals surface area contributed by atoms with Crippen LogP contribution in [0.15, 0.2) is 0 Å². The summed E-state index contributed by atoms with van der Waals surface area (Å²) in [6.45, 7) is 8.76. The molecule has 0 spiro atoms. The molecular formula is C13H25N3O. The van der Waals surface area contributed by atoms with Crippen LogP contribution in [-0.4, -0.2) is 54.5 Å². The maximum Gasteiger partial charge on any atom is 0.236 e. The molecule has 2 unspecified atom stereocenters. The van der Waals surface area contributed by atoms with Gasteiger partial charge in [-0.1, -0.05) is 13.8 Å². The minimum Gasteiger partial charge on any atom is -0.341 e. The number of likely N-dealkylation sites (tertiary alicyclic amines) is 2. The van der Waals surface area contributed by atoms with Crippen molar-refractivity contribution >= 4 is 5.91 Å². The molecule has 0 radical (unpaired) electrons. The van der Waals surface area contributed by atoms with Crippen molar-refractivity contribution in [2.45, 2.75) is 32.7 Å². The van der Waals surface area contributed by atoms with Crippen molar-refractivity contribution in [3.05, 3.63) is 0 Å². The van der Waals surface area contributed by atoms with Crippen LogP contribution in [0.4, 0.5) is 0 Å². The highest BCUT2D eigenvalue weighted by Crippen LogP contribution is 2.21. The van der Waals surface area contributed by atoms with Gasteiger partial charge in [0.15, 0.2) is 0 Å². The van der Waals surface area contributed by atoms with Crippen molar-refractivity contribution in [1.82, 2.24) is 9.80 Å². The molecular weight excluding hydrogens is 214 g/mol. The Kier molecular flexibility index (Phi) is 4.05. The normalized spacial score (nSPS) is 35.2. The average molecular weight is 239 g/mol. The minimum absolute atomic E-state index is 0.266. The Morgan fingerprint density at radius 3 is 2.41 bits per heavy atom. The lowest BCUT2D eigenvalue weighted by atomic mass is 9.92. The standard InChI is InChI=1S/C13H25N3O/c1-10-5-11(2)7-16(6-10)13(17)9-15-4-3-12(14)8-15/h10-12H,3-9,14H2,1-2H3/t10?,11?,12-/m1/s1. The van der Waals surface area contributed by atoms with Crippen LogP contribution in [0.5, 0.6) is 0 Å². The molecule has 0 aliphatic carbocycles. The molecule has 0 bridgehead atoms. The van der Waals surface area contributed by atoms with E-state index in [0.717, 1.165) is 32.6 Å². The molecule has 3 atom stereocenters. The van der Waals surface area contributed by atoms with Crippen molar-refractivity contribution < 1.29 is 4.79 Å². The topological polar surface area (TPSA) is 49.6 Å². The van der Waals surface area contributed by atoms with Crippen molar-refractivity contribution in [3.63, 3.8) is 0 Å². The van der Waals surface area contributed by atoms with Gasteiger partial charge in [0.2, 0.25) is 5.91 Å². The summed E-state index contributed by atoms with van der Waals surface area (Å²) in [5.74, 6) is 1.57. The summed E-state index contributed by atoms with van der Waals surface area (Å²) in [7, 11) is 0. The van der Waals surface area contributed by atoms with Crippen LogP contribution < -0.4 is 5.73 Å². The molecule has 4 nitrogen and oxygen atoms in total. The number of rotatable bonds is 2. The zero-order valence-electron chi connectivity index (χ0n) is 11.1. The van der Waals surface area contributed by atoms with E-state index in [2.05, 4.69) is 18.7 Å². The molecule has 0 aromatic heterocycles. The van der Waals surface area contributed by atoms with E-state index < -0.39 is 0 Å². The first-order chi connectivity index (χ1) is 8.04. The third kappa shape index (κ3) is 3.42. The van der Waals surface area contributed by atoms with E-state index in [1.54, 1.807) is 0 Å². The largest absolute Gasteiger partial charge is 0.341 e. The molecule has 0 saturated carbocycles. The van der Waals surface area contributed by atoms with Crippen LogP contribution in [0.1, 0.15) is 26.7 Å². The monoisotopic (exact) mass is 239 g/mol. The molecule has 98 valence electrons. The van der Waals surface area contributed by atoms with Gasteiger partial charge in [0, 0.05) is 32.2 Å². The third-order valence-corrected chi connectivity index (χ3v) is 3.89. The van der Waals surface area contributed by atoms with E-state index in [4.69, 9.17) is 5.73 Å². The SMILES string of the molecule is CC1CC(C)CN(C(=O)CN2CC[C@@H](N)C2)C1. The summed E-state index contributed by atoms with van der Waals surface area (Å²) in [5, 5.41) is 0. The predicted octanol–water partition coefficient (Wildman–Crippen LogP) is 0.524. The van der Waals surface area contributed by atoms with Crippen molar-refractivity contribution in [2.24, 2.45) is 17.6 Å². The quantitative estimate of drug-likeness (QED) is 0.764. The number of hydrogen-bond acceptors (Lipinski definition) is 3. The Balaban J connectivity index is 1.82. The van der Waals surface area contributed by atoms with Crippen molar-refractivity contribution in [3.8, 4) is 0 Å². The molecule has 0 aromatic carbocycles. The smallest absolute Gasteiger partial charge is 0.236 e. The molecule has 1 amide bonds. The third-order valence-electron chi connectivity index (χ3n) is 3.89. The fourth-order valence-corrected chi connectivity index (χ4v) is 3.16. The fraction of sp³-hybridized carbons (Fsp3) is 0.923. The molecule has 2 fully saturated rings. The highest BCUT2D eigenvalue weighted by Gasteiger charge is 2.28. The second-order valence-corrected chi connectivity index (χ2v) is 6.03. The second-order valence-electron chi connectivity index (χ2n) is 6.03. The molecule has 4 heteroatoms. The lowest BCUT2D eigenvalue weighted by molar-refractivity contribution is -0.134. The Morgan fingerprint density at radius 1 is 1.24 bits per heavy atom. The van der Waals surface area contributed by atoms with Crippen LogP contribution in [0.3, 0.4) is 0 Å².